The van der Waals surface area contributed by atoms with E-state index in [2.05, 4.69) is 26.1 Å². The van der Waals surface area contributed by atoms with Crippen molar-refractivity contribution < 1.29 is 9.90 Å². The van der Waals surface area contributed by atoms with Crippen LogP contribution in [0.5, 0.6) is 0 Å². The van der Waals surface area contributed by atoms with Crippen LogP contribution in [0, 0.1) is 5.92 Å². The average Bonchev–Trinajstić information content (AvgIpc) is 2.20. The zero-order valence-electron chi connectivity index (χ0n) is 9.62. The molecule has 0 aromatic heterocycles. The van der Waals surface area contributed by atoms with E-state index in [9.17, 15) is 4.79 Å². The van der Waals surface area contributed by atoms with Crippen LogP contribution in [0.2, 0.25) is 5.02 Å². The van der Waals surface area contributed by atoms with Crippen molar-refractivity contribution in [3.63, 3.8) is 0 Å². The Morgan fingerprint density at radius 3 is 2.50 bits per heavy atom. The Hall–Kier alpha value is -1.22. The lowest BCUT2D eigenvalue weighted by molar-refractivity contribution is 0.0697. The van der Waals surface area contributed by atoms with Crippen LogP contribution < -0.4 is 5.32 Å². The number of rotatable bonds is 4. The summed E-state index contributed by atoms with van der Waals surface area (Å²) in [5, 5.41) is 12.4. The third-order valence-corrected chi connectivity index (χ3v) is 2.92. The number of aromatic carboxylic acids is 1. The van der Waals surface area contributed by atoms with Crippen molar-refractivity contribution in [1.82, 2.24) is 0 Å². The van der Waals surface area contributed by atoms with Crippen LogP contribution in [0.4, 0.5) is 5.69 Å². The molecule has 88 valence electrons. The maximum atomic E-state index is 10.9. The summed E-state index contributed by atoms with van der Waals surface area (Å²) in [7, 11) is 0. The van der Waals surface area contributed by atoms with Gasteiger partial charge in [0.05, 0.1) is 10.6 Å². The summed E-state index contributed by atoms with van der Waals surface area (Å²) >= 11 is 5.78. The van der Waals surface area contributed by atoms with E-state index in [0.717, 1.165) is 5.69 Å². The monoisotopic (exact) mass is 241 g/mol. The molecule has 0 amide bonds. The first-order valence-electron chi connectivity index (χ1n) is 5.21. The molecule has 0 aliphatic carbocycles. The molecule has 1 atom stereocenters. The van der Waals surface area contributed by atoms with Crippen molar-refractivity contribution in [2.24, 2.45) is 5.92 Å². The van der Waals surface area contributed by atoms with E-state index in [1.807, 2.05) is 0 Å². The number of nitrogens with one attached hydrogen (secondary N) is 1. The maximum Gasteiger partial charge on any atom is 0.337 e. The number of carboxylic acids is 1. The lowest BCUT2D eigenvalue weighted by Gasteiger charge is -2.19. The summed E-state index contributed by atoms with van der Waals surface area (Å²) in [6, 6.07) is 5.22. The number of benzene rings is 1. The number of carbonyl (C=O) groups is 1. The molecule has 1 aromatic rings. The fourth-order valence-electron chi connectivity index (χ4n) is 1.21. The topological polar surface area (TPSA) is 49.3 Å². The smallest absolute Gasteiger partial charge is 0.337 e. The number of anilines is 1. The summed E-state index contributed by atoms with van der Waals surface area (Å²) in [4.78, 5) is 10.9. The highest BCUT2D eigenvalue weighted by Gasteiger charge is 2.11. The molecule has 0 radical (unpaired) electrons. The molecule has 2 N–H and O–H groups in total. The third kappa shape index (κ3) is 3.14. The highest BCUT2D eigenvalue weighted by molar-refractivity contribution is 6.33. The molecule has 0 aliphatic rings. The molecule has 1 rings (SSSR count). The van der Waals surface area contributed by atoms with E-state index >= 15 is 0 Å². The van der Waals surface area contributed by atoms with Crippen LogP contribution in [0.25, 0.3) is 0 Å². The highest BCUT2D eigenvalue weighted by atomic mass is 35.5. The van der Waals surface area contributed by atoms with Crippen LogP contribution in [0.3, 0.4) is 0 Å². The Bertz CT molecular complexity index is 391. The molecule has 3 nitrogen and oxygen atoms in total. The van der Waals surface area contributed by atoms with Crippen molar-refractivity contribution in [1.29, 1.82) is 0 Å². The fraction of sp³-hybridized carbons (Fsp3) is 0.417. The SMILES string of the molecule is CC(C)[C@@H](C)Nc1ccc(Cl)c(C(=O)O)c1. The lowest BCUT2D eigenvalue weighted by Crippen LogP contribution is -2.21. The van der Waals surface area contributed by atoms with Crippen LogP contribution in [-0.2, 0) is 0 Å². The number of hydrogen-bond acceptors (Lipinski definition) is 2. The van der Waals surface area contributed by atoms with Gasteiger partial charge in [0.1, 0.15) is 0 Å². The van der Waals surface area contributed by atoms with E-state index in [-0.39, 0.29) is 16.6 Å². The van der Waals surface area contributed by atoms with Crippen LogP contribution in [0.15, 0.2) is 18.2 Å². The highest BCUT2D eigenvalue weighted by Crippen LogP contribution is 2.21. The molecule has 4 heteroatoms. The van der Waals surface area contributed by atoms with Gasteiger partial charge in [-0.05, 0) is 31.0 Å². The van der Waals surface area contributed by atoms with Gasteiger partial charge in [-0.15, -0.1) is 0 Å². The molecule has 0 bridgehead atoms. The summed E-state index contributed by atoms with van der Waals surface area (Å²) in [6.45, 7) is 6.26. The predicted octanol–water partition coefficient (Wildman–Crippen LogP) is 3.49. The van der Waals surface area contributed by atoms with Gasteiger partial charge in [-0.25, -0.2) is 4.79 Å². The normalized spacial score (nSPS) is 12.6. The van der Waals surface area contributed by atoms with Crippen LogP contribution in [-0.4, -0.2) is 17.1 Å². The maximum absolute atomic E-state index is 10.9. The summed E-state index contributed by atoms with van der Waals surface area (Å²) in [6.07, 6.45) is 0. The molecule has 0 unspecified atom stereocenters. The third-order valence-electron chi connectivity index (χ3n) is 2.59. The van der Waals surface area contributed by atoms with Gasteiger partial charge in [-0.3, -0.25) is 0 Å². The molecule has 0 fully saturated rings. The first-order valence-corrected chi connectivity index (χ1v) is 5.59. The van der Waals surface area contributed by atoms with Gasteiger partial charge in [0.2, 0.25) is 0 Å². The van der Waals surface area contributed by atoms with E-state index in [1.165, 1.54) is 0 Å². The van der Waals surface area contributed by atoms with E-state index < -0.39 is 5.97 Å². The molecule has 0 aliphatic heterocycles. The second-order valence-corrected chi connectivity index (χ2v) is 4.58. The molecule has 0 saturated heterocycles. The lowest BCUT2D eigenvalue weighted by atomic mass is 10.1. The Morgan fingerprint density at radius 2 is 2.00 bits per heavy atom. The minimum atomic E-state index is -1.01. The zero-order valence-corrected chi connectivity index (χ0v) is 10.4. The van der Waals surface area contributed by atoms with Gasteiger partial charge in [0.25, 0.3) is 0 Å². The van der Waals surface area contributed by atoms with Gasteiger partial charge in [0, 0.05) is 11.7 Å². The van der Waals surface area contributed by atoms with Crippen LogP contribution in [0.1, 0.15) is 31.1 Å². The Kier molecular flexibility index (Phi) is 4.19. The molecule has 0 heterocycles. The molecule has 0 saturated carbocycles. The Balaban J connectivity index is 2.91. The number of halogens is 1. The van der Waals surface area contributed by atoms with Crippen molar-refractivity contribution >= 4 is 23.3 Å². The predicted molar refractivity (Wildman–Crippen MR) is 66.3 cm³/mol. The van der Waals surface area contributed by atoms with Gasteiger partial charge >= 0.3 is 5.97 Å². The summed E-state index contributed by atoms with van der Waals surface area (Å²) in [5.74, 6) is -0.533. The molecule has 16 heavy (non-hydrogen) atoms. The van der Waals surface area contributed by atoms with Crippen molar-refractivity contribution in [3.05, 3.63) is 28.8 Å². The Labute approximate surface area is 100 Å². The van der Waals surface area contributed by atoms with E-state index in [1.54, 1.807) is 18.2 Å². The number of carboxylic acid groups (broad SMARTS) is 1. The largest absolute Gasteiger partial charge is 0.478 e. The second-order valence-electron chi connectivity index (χ2n) is 4.18. The van der Waals surface area contributed by atoms with Gasteiger partial charge in [-0.2, -0.15) is 0 Å². The zero-order chi connectivity index (χ0) is 12.3. The van der Waals surface area contributed by atoms with Crippen molar-refractivity contribution in [3.8, 4) is 0 Å². The average molecular weight is 242 g/mol. The first-order chi connectivity index (χ1) is 7.41. The molecular formula is C12H16ClNO2. The van der Waals surface area contributed by atoms with E-state index in [4.69, 9.17) is 16.7 Å². The number of hydrogen-bond donors (Lipinski definition) is 2. The minimum absolute atomic E-state index is 0.127. The first kappa shape index (κ1) is 12.8. The van der Waals surface area contributed by atoms with Crippen molar-refractivity contribution in [2.45, 2.75) is 26.8 Å². The second kappa shape index (κ2) is 5.21. The summed E-state index contributed by atoms with van der Waals surface area (Å²) < 4.78 is 0. The minimum Gasteiger partial charge on any atom is -0.478 e. The Morgan fingerprint density at radius 1 is 1.38 bits per heavy atom. The van der Waals surface area contributed by atoms with Gasteiger partial charge in [-0.1, -0.05) is 25.4 Å². The molecule has 1 aromatic carbocycles. The molecule has 0 spiro atoms. The summed E-state index contributed by atoms with van der Waals surface area (Å²) in [5.41, 5.74) is 0.908. The van der Waals surface area contributed by atoms with Crippen molar-refractivity contribution in [2.75, 3.05) is 5.32 Å². The quantitative estimate of drug-likeness (QED) is 0.848. The van der Waals surface area contributed by atoms with Gasteiger partial charge < -0.3 is 10.4 Å². The van der Waals surface area contributed by atoms with Crippen LogP contribution >= 0.6 is 11.6 Å². The fourth-order valence-corrected chi connectivity index (χ4v) is 1.41. The molecular weight excluding hydrogens is 226 g/mol. The standard InChI is InChI=1S/C12H16ClNO2/c1-7(2)8(3)14-9-4-5-11(13)10(6-9)12(15)16/h4-8,14H,1-3H3,(H,15,16)/t8-/m1/s1. The van der Waals surface area contributed by atoms with Gasteiger partial charge in [0.15, 0.2) is 0 Å². The van der Waals surface area contributed by atoms with E-state index in [0.29, 0.717) is 5.92 Å².